The van der Waals surface area contributed by atoms with E-state index in [1.807, 2.05) is 75.4 Å². The molecule has 10 nitrogen and oxygen atoms in total. The predicted octanol–water partition coefficient (Wildman–Crippen LogP) is 4.29. The molecule has 4 rings (SSSR count). The van der Waals surface area contributed by atoms with E-state index >= 15 is 0 Å². The minimum absolute atomic E-state index is 0.199. The molecule has 1 aliphatic heterocycles. The minimum Gasteiger partial charge on any atom is -0.494 e. The quantitative estimate of drug-likeness (QED) is 0.470. The first kappa shape index (κ1) is 26.0. The topological polar surface area (TPSA) is 99.0 Å². The zero-order valence-corrected chi connectivity index (χ0v) is 21.4. The standard InChI is InChI=1S/C27H33N5O5/c1-27(2,3)37-26(34)31-17-16-30(25(33)36-20-21-7-5-4-6-8-21)19-23(31)13-18-35-24-11-9-22(10-12-24)32-15-14-28-29-32/h4-12,14-15,23H,13,16-20H2,1-3H3/t23-/m1/s1. The molecule has 2 aromatic carbocycles. The molecule has 0 unspecified atom stereocenters. The normalized spacial score (nSPS) is 15.8. The molecule has 2 heterocycles. The second kappa shape index (κ2) is 11.8. The van der Waals surface area contributed by atoms with E-state index in [0.717, 1.165) is 11.3 Å². The fraction of sp³-hybridized carbons (Fsp3) is 0.407. The first-order chi connectivity index (χ1) is 17.8. The Hall–Kier alpha value is -4.08. The average molecular weight is 508 g/mol. The summed E-state index contributed by atoms with van der Waals surface area (Å²) in [4.78, 5) is 29.0. The lowest BCUT2D eigenvalue weighted by Crippen LogP contribution is -2.57. The lowest BCUT2D eigenvalue weighted by atomic mass is 10.1. The van der Waals surface area contributed by atoms with E-state index in [0.29, 0.717) is 38.4 Å². The maximum Gasteiger partial charge on any atom is 0.410 e. The molecule has 0 aliphatic carbocycles. The van der Waals surface area contributed by atoms with Gasteiger partial charge in [-0.3, -0.25) is 0 Å². The van der Waals surface area contributed by atoms with Gasteiger partial charge in [0, 0.05) is 26.1 Å². The Kier molecular flexibility index (Phi) is 8.27. The van der Waals surface area contributed by atoms with Crippen LogP contribution in [0.3, 0.4) is 0 Å². The number of hydrogen-bond donors (Lipinski definition) is 0. The van der Waals surface area contributed by atoms with Gasteiger partial charge in [0.15, 0.2) is 0 Å². The molecule has 1 atom stereocenters. The Morgan fingerprint density at radius 1 is 1.00 bits per heavy atom. The molecule has 0 radical (unpaired) electrons. The van der Waals surface area contributed by atoms with Crippen molar-refractivity contribution in [3.05, 3.63) is 72.6 Å². The molecule has 0 bridgehead atoms. The molecule has 1 aliphatic rings. The zero-order valence-electron chi connectivity index (χ0n) is 21.4. The molecule has 1 saturated heterocycles. The fourth-order valence-electron chi connectivity index (χ4n) is 3.99. The highest BCUT2D eigenvalue weighted by Crippen LogP contribution is 2.20. The van der Waals surface area contributed by atoms with Crippen LogP contribution in [-0.2, 0) is 16.1 Å². The molecular weight excluding hydrogens is 474 g/mol. The summed E-state index contributed by atoms with van der Waals surface area (Å²) in [5.41, 5.74) is 1.18. The number of hydrogen-bond acceptors (Lipinski definition) is 7. The van der Waals surface area contributed by atoms with Crippen molar-refractivity contribution in [2.75, 3.05) is 26.2 Å². The van der Waals surface area contributed by atoms with Gasteiger partial charge in [0.25, 0.3) is 0 Å². The Labute approximate surface area is 216 Å². The first-order valence-electron chi connectivity index (χ1n) is 12.3. The van der Waals surface area contributed by atoms with Gasteiger partial charge in [-0.15, -0.1) is 5.10 Å². The number of carbonyl (C=O) groups is 2. The molecule has 37 heavy (non-hydrogen) atoms. The molecule has 1 fully saturated rings. The van der Waals surface area contributed by atoms with E-state index in [1.54, 1.807) is 26.9 Å². The third kappa shape index (κ3) is 7.45. The summed E-state index contributed by atoms with van der Waals surface area (Å²) in [7, 11) is 0. The Morgan fingerprint density at radius 3 is 2.43 bits per heavy atom. The Balaban J connectivity index is 1.35. The van der Waals surface area contributed by atoms with Crippen molar-refractivity contribution in [1.82, 2.24) is 24.8 Å². The lowest BCUT2D eigenvalue weighted by molar-refractivity contribution is -0.00614. The number of rotatable bonds is 7. The molecule has 2 amide bonds. The third-order valence-corrected chi connectivity index (χ3v) is 5.82. The van der Waals surface area contributed by atoms with Crippen LogP contribution in [0.4, 0.5) is 9.59 Å². The molecule has 1 aromatic heterocycles. The lowest BCUT2D eigenvalue weighted by Gasteiger charge is -2.41. The van der Waals surface area contributed by atoms with E-state index in [4.69, 9.17) is 14.2 Å². The molecule has 0 saturated carbocycles. The third-order valence-electron chi connectivity index (χ3n) is 5.82. The van der Waals surface area contributed by atoms with E-state index in [1.165, 1.54) is 0 Å². The summed E-state index contributed by atoms with van der Waals surface area (Å²) in [5, 5.41) is 7.79. The number of carbonyl (C=O) groups excluding carboxylic acids is 2. The number of ether oxygens (including phenoxy) is 3. The SMILES string of the molecule is CC(C)(C)OC(=O)N1CCN(C(=O)OCc2ccccc2)C[C@H]1CCOc1ccc(-n2ccnn2)cc1. The van der Waals surface area contributed by atoms with Crippen molar-refractivity contribution in [3.8, 4) is 11.4 Å². The summed E-state index contributed by atoms with van der Waals surface area (Å²) in [6.45, 7) is 7.13. The minimum atomic E-state index is -0.615. The number of nitrogens with zero attached hydrogens (tertiary/aromatic N) is 5. The zero-order chi connectivity index (χ0) is 26.3. The Bertz CT molecular complexity index is 1150. The van der Waals surface area contributed by atoms with Gasteiger partial charge >= 0.3 is 12.2 Å². The van der Waals surface area contributed by atoms with Crippen LogP contribution in [0.5, 0.6) is 5.75 Å². The van der Waals surface area contributed by atoms with Crippen molar-refractivity contribution in [1.29, 1.82) is 0 Å². The highest BCUT2D eigenvalue weighted by molar-refractivity contribution is 5.71. The van der Waals surface area contributed by atoms with Crippen molar-refractivity contribution in [3.63, 3.8) is 0 Å². The second-order valence-electron chi connectivity index (χ2n) is 9.79. The first-order valence-corrected chi connectivity index (χ1v) is 12.3. The van der Waals surface area contributed by atoms with Crippen LogP contribution >= 0.6 is 0 Å². The van der Waals surface area contributed by atoms with E-state index in [-0.39, 0.29) is 12.6 Å². The van der Waals surface area contributed by atoms with Crippen molar-refractivity contribution in [2.45, 2.75) is 45.4 Å². The van der Waals surface area contributed by atoms with Gasteiger partial charge in [0.1, 0.15) is 18.0 Å². The molecule has 196 valence electrons. The van der Waals surface area contributed by atoms with Gasteiger partial charge < -0.3 is 24.0 Å². The van der Waals surface area contributed by atoms with Gasteiger partial charge in [-0.25, -0.2) is 14.3 Å². The van der Waals surface area contributed by atoms with Crippen molar-refractivity contribution >= 4 is 12.2 Å². The summed E-state index contributed by atoms with van der Waals surface area (Å²) < 4.78 is 18.8. The van der Waals surface area contributed by atoms with Crippen LogP contribution in [0.25, 0.3) is 5.69 Å². The summed E-state index contributed by atoms with van der Waals surface area (Å²) in [5.74, 6) is 0.697. The van der Waals surface area contributed by atoms with E-state index in [2.05, 4.69) is 10.3 Å². The monoisotopic (exact) mass is 507 g/mol. The highest BCUT2D eigenvalue weighted by atomic mass is 16.6. The number of aromatic nitrogens is 3. The van der Waals surface area contributed by atoms with Crippen LogP contribution in [0.1, 0.15) is 32.8 Å². The highest BCUT2D eigenvalue weighted by Gasteiger charge is 2.35. The van der Waals surface area contributed by atoms with E-state index in [9.17, 15) is 9.59 Å². The van der Waals surface area contributed by atoms with Gasteiger partial charge in [0.2, 0.25) is 0 Å². The van der Waals surface area contributed by atoms with Crippen LogP contribution in [0, 0.1) is 0 Å². The molecule has 10 heteroatoms. The van der Waals surface area contributed by atoms with Crippen LogP contribution in [0.15, 0.2) is 67.0 Å². The summed E-state index contributed by atoms with van der Waals surface area (Å²) >= 11 is 0. The molecule has 0 N–H and O–H groups in total. The van der Waals surface area contributed by atoms with Crippen molar-refractivity contribution < 1.29 is 23.8 Å². The van der Waals surface area contributed by atoms with E-state index < -0.39 is 17.8 Å². The number of piperazine rings is 1. The molecule has 0 spiro atoms. The van der Waals surface area contributed by atoms with Gasteiger partial charge in [0.05, 0.1) is 30.7 Å². The maximum absolute atomic E-state index is 12.9. The fourth-order valence-corrected chi connectivity index (χ4v) is 3.99. The van der Waals surface area contributed by atoms with Gasteiger partial charge in [-0.05, 0) is 50.6 Å². The number of benzene rings is 2. The van der Waals surface area contributed by atoms with Crippen molar-refractivity contribution in [2.24, 2.45) is 0 Å². The predicted molar refractivity (Wildman–Crippen MR) is 136 cm³/mol. The van der Waals surface area contributed by atoms with Crippen LogP contribution < -0.4 is 4.74 Å². The van der Waals surface area contributed by atoms with Gasteiger partial charge in [-0.2, -0.15) is 0 Å². The van der Waals surface area contributed by atoms with Crippen LogP contribution in [0.2, 0.25) is 0 Å². The Morgan fingerprint density at radius 2 is 1.76 bits per heavy atom. The average Bonchev–Trinajstić information content (AvgIpc) is 3.42. The largest absolute Gasteiger partial charge is 0.494 e. The van der Waals surface area contributed by atoms with Crippen LogP contribution in [-0.4, -0.2) is 74.9 Å². The molecule has 3 aromatic rings. The second-order valence-corrected chi connectivity index (χ2v) is 9.79. The summed E-state index contributed by atoms with van der Waals surface area (Å²) in [6, 6.07) is 16.8. The molecular formula is C27H33N5O5. The smallest absolute Gasteiger partial charge is 0.410 e. The summed E-state index contributed by atoms with van der Waals surface area (Å²) in [6.07, 6.45) is 3.10. The number of amides is 2. The maximum atomic E-state index is 12.9. The van der Waals surface area contributed by atoms with Gasteiger partial charge in [-0.1, -0.05) is 35.5 Å².